The molecular weight excluding hydrogens is 238 g/mol. The smallest absolute Gasteiger partial charge is 0.262 e. The Morgan fingerprint density at radius 1 is 1.47 bits per heavy atom. The van der Waals surface area contributed by atoms with Crippen LogP contribution in [0, 0.1) is 0 Å². The maximum absolute atomic E-state index is 10.9. The minimum absolute atomic E-state index is 0.0343. The van der Waals surface area contributed by atoms with Crippen molar-refractivity contribution in [1.29, 1.82) is 0 Å². The molecule has 0 radical (unpaired) electrons. The highest BCUT2D eigenvalue weighted by molar-refractivity contribution is 8.13. The fourth-order valence-electron chi connectivity index (χ4n) is 0.768. The summed E-state index contributed by atoms with van der Waals surface area (Å²) >= 11 is 0. The minimum Gasteiger partial charge on any atom is -0.369 e. The standard InChI is InChI=1S/C8H10ClN3O2S/c1-12(2)6-11-8-4-3-7(5-10-8)15(9,13)14/h3-6H,1-2H3. The number of pyridine rings is 1. The number of aromatic nitrogens is 1. The second-order valence-corrected chi connectivity index (χ2v) is 5.56. The van der Waals surface area contributed by atoms with Crippen LogP contribution in [0.25, 0.3) is 0 Å². The van der Waals surface area contributed by atoms with E-state index in [2.05, 4.69) is 9.98 Å². The Balaban J connectivity index is 2.91. The minimum atomic E-state index is -3.70. The van der Waals surface area contributed by atoms with E-state index in [1.165, 1.54) is 18.3 Å². The van der Waals surface area contributed by atoms with E-state index in [1.807, 2.05) is 14.1 Å². The predicted octanol–water partition coefficient (Wildman–Crippen LogP) is 1.23. The summed E-state index contributed by atoms with van der Waals surface area (Å²) in [7, 11) is 5.06. The SMILES string of the molecule is CN(C)C=Nc1ccc(S(=O)(=O)Cl)cn1. The Hall–Kier alpha value is -1.14. The first-order valence-electron chi connectivity index (χ1n) is 4.01. The molecule has 0 aromatic carbocycles. The van der Waals surface area contributed by atoms with Crippen molar-refractivity contribution >= 4 is 31.9 Å². The van der Waals surface area contributed by atoms with E-state index < -0.39 is 9.05 Å². The number of rotatable bonds is 3. The van der Waals surface area contributed by atoms with Gasteiger partial charge in [0.25, 0.3) is 9.05 Å². The van der Waals surface area contributed by atoms with Crippen molar-refractivity contribution in [2.24, 2.45) is 4.99 Å². The molecule has 0 unspecified atom stereocenters. The molecule has 0 saturated carbocycles. The highest BCUT2D eigenvalue weighted by Gasteiger charge is 2.09. The van der Waals surface area contributed by atoms with Crippen molar-refractivity contribution in [2.45, 2.75) is 4.90 Å². The summed E-state index contributed by atoms with van der Waals surface area (Å²) < 4.78 is 21.8. The molecule has 1 rings (SSSR count). The highest BCUT2D eigenvalue weighted by Crippen LogP contribution is 2.16. The lowest BCUT2D eigenvalue weighted by Gasteiger charge is -2.01. The highest BCUT2D eigenvalue weighted by atomic mass is 35.7. The fraction of sp³-hybridized carbons (Fsp3) is 0.250. The summed E-state index contributed by atoms with van der Waals surface area (Å²) in [4.78, 5) is 9.52. The van der Waals surface area contributed by atoms with Gasteiger partial charge in [0.2, 0.25) is 0 Å². The van der Waals surface area contributed by atoms with Crippen LogP contribution in [0.3, 0.4) is 0 Å². The molecule has 0 atom stereocenters. The zero-order valence-electron chi connectivity index (χ0n) is 8.25. The van der Waals surface area contributed by atoms with Gasteiger partial charge in [-0.3, -0.25) is 0 Å². The monoisotopic (exact) mass is 247 g/mol. The molecule has 0 aliphatic rings. The van der Waals surface area contributed by atoms with Crippen molar-refractivity contribution in [2.75, 3.05) is 14.1 Å². The second kappa shape index (κ2) is 4.59. The summed E-state index contributed by atoms with van der Waals surface area (Å²) in [5.74, 6) is 0.424. The molecule has 5 nitrogen and oxygen atoms in total. The van der Waals surface area contributed by atoms with Gasteiger partial charge in [-0.05, 0) is 12.1 Å². The number of hydrogen-bond donors (Lipinski definition) is 0. The maximum atomic E-state index is 10.9. The molecule has 0 N–H and O–H groups in total. The number of halogens is 1. The molecule has 1 heterocycles. The van der Waals surface area contributed by atoms with Crippen LogP contribution in [-0.4, -0.2) is 38.7 Å². The fourth-order valence-corrected chi connectivity index (χ4v) is 1.45. The lowest BCUT2D eigenvalue weighted by atomic mass is 10.5. The van der Waals surface area contributed by atoms with Gasteiger partial charge in [0.15, 0.2) is 5.82 Å². The largest absolute Gasteiger partial charge is 0.369 e. The summed E-state index contributed by atoms with van der Waals surface area (Å²) in [5.41, 5.74) is 0. The third-order valence-electron chi connectivity index (χ3n) is 1.42. The van der Waals surface area contributed by atoms with Crippen molar-refractivity contribution in [3.63, 3.8) is 0 Å². The van der Waals surface area contributed by atoms with E-state index in [-0.39, 0.29) is 4.90 Å². The van der Waals surface area contributed by atoms with Gasteiger partial charge < -0.3 is 4.90 Å². The molecule has 0 aliphatic heterocycles. The molecule has 0 spiro atoms. The summed E-state index contributed by atoms with van der Waals surface area (Å²) in [6.07, 6.45) is 2.74. The first-order chi connectivity index (χ1) is 6.89. The third kappa shape index (κ3) is 3.85. The Labute approximate surface area is 92.8 Å². The first-order valence-corrected chi connectivity index (χ1v) is 6.32. The average Bonchev–Trinajstić information content (AvgIpc) is 2.14. The number of hydrogen-bond acceptors (Lipinski definition) is 4. The van der Waals surface area contributed by atoms with E-state index >= 15 is 0 Å². The molecular formula is C8H10ClN3O2S. The van der Waals surface area contributed by atoms with Crippen molar-refractivity contribution < 1.29 is 8.42 Å². The molecule has 0 fully saturated rings. The van der Waals surface area contributed by atoms with Gasteiger partial charge in [0.1, 0.15) is 4.90 Å². The summed E-state index contributed by atoms with van der Waals surface area (Å²) in [5, 5.41) is 0. The van der Waals surface area contributed by atoms with Crippen molar-refractivity contribution in [3.05, 3.63) is 18.3 Å². The zero-order chi connectivity index (χ0) is 11.5. The lowest BCUT2D eigenvalue weighted by Crippen LogP contribution is -2.07. The summed E-state index contributed by atoms with van der Waals surface area (Å²) in [6, 6.07) is 2.84. The maximum Gasteiger partial charge on any atom is 0.262 e. The molecule has 82 valence electrons. The molecule has 0 aliphatic carbocycles. The normalized spacial score (nSPS) is 11.9. The topological polar surface area (TPSA) is 62.6 Å². The summed E-state index contributed by atoms with van der Waals surface area (Å²) in [6.45, 7) is 0. The van der Waals surface area contributed by atoms with E-state index in [9.17, 15) is 8.42 Å². The van der Waals surface area contributed by atoms with Crippen LogP contribution in [0.4, 0.5) is 5.82 Å². The lowest BCUT2D eigenvalue weighted by molar-refractivity contribution is 0.609. The van der Waals surface area contributed by atoms with Gasteiger partial charge in [-0.1, -0.05) is 0 Å². The van der Waals surface area contributed by atoms with E-state index in [0.29, 0.717) is 5.82 Å². The van der Waals surface area contributed by atoms with Crippen LogP contribution in [0.2, 0.25) is 0 Å². The van der Waals surface area contributed by atoms with E-state index in [4.69, 9.17) is 10.7 Å². The second-order valence-electron chi connectivity index (χ2n) is 3.00. The van der Waals surface area contributed by atoms with Crippen LogP contribution in [-0.2, 0) is 9.05 Å². The van der Waals surface area contributed by atoms with Gasteiger partial charge >= 0.3 is 0 Å². The Bertz CT molecular complexity index is 453. The van der Waals surface area contributed by atoms with E-state index in [0.717, 1.165) is 0 Å². The predicted molar refractivity (Wildman–Crippen MR) is 59.1 cm³/mol. The molecule has 0 bridgehead atoms. The molecule has 7 heteroatoms. The van der Waals surface area contributed by atoms with Gasteiger partial charge in [-0.15, -0.1) is 0 Å². The van der Waals surface area contributed by atoms with Crippen molar-refractivity contribution in [3.8, 4) is 0 Å². The number of nitrogens with zero attached hydrogens (tertiary/aromatic N) is 3. The average molecular weight is 248 g/mol. The Morgan fingerprint density at radius 2 is 2.13 bits per heavy atom. The molecule has 0 amide bonds. The molecule has 1 aromatic heterocycles. The van der Waals surface area contributed by atoms with Crippen LogP contribution in [0.15, 0.2) is 28.2 Å². The first kappa shape index (κ1) is 11.9. The van der Waals surface area contributed by atoms with Gasteiger partial charge in [-0.2, -0.15) is 0 Å². The third-order valence-corrected chi connectivity index (χ3v) is 2.76. The van der Waals surface area contributed by atoms with Gasteiger partial charge in [-0.25, -0.2) is 18.4 Å². The Kier molecular flexibility index (Phi) is 3.65. The number of aliphatic imine (C=N–C) groups is 1. The van der Waals surface area contributed by atoms with Crippen LogP contribution in [0.1, 0.15) is 0 Å². The molecule has 1 aromatic rings. The van der Waals surface area contributed by atoms with Crippen LogP contribution in [0.5, 0.6) is 0 Å². The van der Waals surface area contributed by atoms with Gasteiger partial charge in [0.05, 0.1) is 6.34 Å². The molecule has 0 saturated heterocycles. The van der Waals surface area contributed by atoms with E-state index in [1.54, 1.807) is 11.2 Å². The quantitative estimate of drug-likeness (QED) is 0.458. The zero-order valence-corrected chi connectivity index (χ0v) is 9.83. The molecule has 15 heavy (non-hydrogen) atoms. The Morgan fingerprint density at radius 3 is 2.53 bits per heavy atom. The van der Waals surface area contributed by atoms with Crippen LogP contribution < -0.4 is 0 Å². The van der Waals surface area contributed by atoms with Crippen molar-refractivity contribution in [1.82, 2.24) is 9.88 Å². The van der Waals surface area contributed by atoms with Gasteiger partial charge in [0, 0.05) is 31.0 Å². The van der Waals surface area contributed by atoms with Crippen LogP contribution >= 0.6 is 10.7 Å².